The molecule has 1 saturated heterocycles. The normalized spacial score (nSPS) is 16.6. The summed E-state index contributed by atoms with van der Waals surface area (Å²) in [4.78, 5) is 50.0. The highest BCUT2D eigenvalue weighted by molar-refractivity contribution is 5.95. The van der Waals surface area contributed by atoms with Gasteiger partial charge in [-0.3, -0.25) is 30.0 Å². The van der Waals surface area contributed by atoms with Crippen LogP contribution in [0.25, 0.3) is 0 Å². The van der Waals surface area contributed by atoms with Gasteiger partial charge in [-0.2, -0.15) is 0 Å². The summed E-state index contributed by atoms with van der Waals surface area (Å²) >= 11 is 0. The minimum atomic E-state index is -0.675. The number of ether oxygens (including phenoxy) is 1. The Morgan fingerprint density at radius 3 is 2.33 bits per heavy atom. The molecule has 0 aliphatic carbocycles. The van der Waals surface area contributed by atoms with E-state index in [1.165, 1.54) is 0 Å². The van der Waals surface area contributed by atoms with Crippen molar-refractivity contribution < 1.29 is 23.9 Å². The van der Waals surface area contributed by atoms with Crippen molar-refractivity contribution in [3.05, 3.63) is 71.8 Å². The van der Waals surface area contributed by atoms with Gasteiger partial charge < -0.3 is 9.64 Å². The summed E-state index contributed by atoms with van der Waals surface area (Å²) in [6.07, 6.45) is 0.0440. The van der Waals surface area contributed by atoms with Crippen molar-refractivity contribution in [1.29, 1.82) is 0 Å². The summed E-state index contributed by atoms with van der Waals surface area (Å²) in [6.45, 7) is 1.59. The van der Waals surface area contributed by atoms with Crippen LogP contribution in [0, 0.1) is 5.92 Å². The van der Waals surface area contributed by atoms with E-state index in [-0.39, 0.29) is 24.9 Å². The van der Waals surface area contributed by atoms with Gasteiger partial charge in [0.25, 0.3) is 11.8 Å². The summed E-state index contributed by atoms with van der Waals surface area (Å²) < 4.78 is 5.03. The summed E-state index contributed by atoms with van der Waals surface area (Å²) in [5, 5.41) is 0. The molecule has 2 aromatic rings. The number of benzene rings is 2. The van der Waals surface area contributed by atoms with Crippen LogP contribution in [0.1, 0.15) is 35.3 Å². The third-order valence-corrected chi connectivity index (χ3v) is 4.94. The Hall–Kier alpha value is -3.68. The fraction of sp³-hybridized carbons (Fsp3) is 0.273. The van der Waals surface area contributed by atoms with Gasteiger partial charge in [-0.15, -0.1) is 0 Å². The second-order valence-corrected chi connectivity index (χ2v) is 7.01. The van der Waals surface area contributed by atoms with Crippen molar-refractivity contribution in [2.24, 2.45) is 5.92 Å². The fourth-order valence-electron chi connectivity index (χ4n) is 3.25. The molecule has 30 heavy (non-hydrogen) atoms. The second-order valence-electron chi connectivity index (χ2n) is 7.01. The van der Waals surface area contributed by atoms with Crippen molar-refractivity contribution in [1.82, 2.24) is 15.8 Å². The van der Waals surface area contributed by atoms with Crippen LogP contribution in [0.3, 0.4) is 0 Å². The Kier molecular flexibility index (Phi) is 6.79. The van der Waals surface area contributed by atoms with E-state index in [4.69, 9.17) is 4.74 Å². The lowest BCUT2D eigenvalue weighted by molar-refractivity contribution is -0.152. The molecule has 8 nitrogen and oxygen atoms in total. The van der Waals surface area contributed by atoms with Gasteiger partial charge in [0.2, 0.25) is 5.91 Å². The van der Waals surface area contributed by atoms with Gasteiger partial charge in [0.1, 0.15) is 0 Å². The molecule has 2 atom stereocenters. The first-order chi connectivity index (χ1) is 14.5. The molecule has 1 aliphatic heterocycles. The van der Waals surface area contributed by atoms with Crippen molar-refractivity contribution >= 4 is 23.7 Å². The molecular weight excluding hydrogens is 386 g/mol. The molecule has 1 heterocycles. The van der Waals surface area contributed by atoms with Crippen LogP contribution in [0.15, 0.2) is 60.7 Å². The highest BCUT2D eigenvalue weighted by Crippen LogP contribution is 2.28. The maximum atomic E-state index is 12.3. The van der Waals surface area contributed by atoms with Gasteiger partial charge in [-0.25, -0.2) is 0 Å². The van der Waals surface area contributed by atoms with Crippen molar-refractivity contribution in [3.8, 4) is 0 Å². The number of amides is 3. The van der Waals surface area contributed by atoms with Gasteiger partial charge in [0.15, 0.2) is 6.61 Å². The first-order valence-corrected chi connectivity index (χ1v) is 9.61. The zero-order valence-corrected chi connectivity index (χ0v) is 16.5. The highest BCUT2D eigenvalue weighted by Gasteiger charge is 2.38. The van der Waals surface area contributed by atoms with Crippen LogP contribution < -0.4 is 10.9 Å². The van der Waals surface area contributed by atoms with Gasteiger partial charge in [0, 0.05) is 18.5 Å². The lowest BCUT2D eigenvalue weighted by Crippen LogP contribution is -2.43. The van der Waals surface area contributed by atoms with Gasteiger partial charge in [0.05, 0.1) is 12.0 Å². The Balaban J connectivity index is 1.44. The zero-order chi connectivity index (χ0) is 21.5. The van der Waals surface area contributed by atoms with E-state index in [2.05, 4.69) is 10.9 Å². The molecule has 1 aliphatic rings. The van der Waals surface area contributed by atoms with Crippen LogP contribution in [0.5, 0.6) is 0 Å². The minimum Gasteiger partial charge on any atom is -0.455 e. The summed E-state index contributed by atoms with van der Waals surface area (Å²) in [7, 11) is 0. The van der Waals surface area contributed by atoms with Crippen LogP contribution >= 0.6 is 0 Å². The van der Waals surface area contributed by atoms with Gasteiger partial charge >= 0.3 is 5.97 Å². The van der Waals surface area contributed by atoms with E-state index in [1.54, 1.807) is 35.2 Å². The maximum Gasteiger partial charge on any atom is 0.311 e. The molecule has 0 spiro atoms. The summed E-state index contributed by atoms with van der Waals surface area (Å²) in [5.74, 6) is -2.53. The molecule has 2 N–H and O–H groups in total. The predicted molar refractivity (Wildman–Crippen MR) is 108 cm³/mol. The number of esters is 1. The molecular formula is C22H23N3O5. The Morgan fingerprint density at radius 2 is 1.67 bits per heavy atom. The van der Waals surface area contributed by atoms with E-state index in [0.29, 0.717) is 5.56 Å². The van der Waals surface area contributed by atoms with E-state index in [1.807, 2.05) is 37.3 Å². The number of hydrogen-bond acceptors (Lipinski definition) is 5. The average Bonchev–Trinajstić information content (AvgIpc) is 3.18. The third kappa shape index (κ3) is 5.22. The predicted octanol–water partition coefficient (Wildman–Crippen LogP) is 1.60. The number of hydrogen-bond donors (Lipinski definition) is 2. The molecule has 0 radical (unpaired) electrons. The first kappa shape index (κ1) is 21.0. The van der Waals surface area contributed by atoms with Crippen LogP contribution in [-0.2, 0) is 19.1 Å². The smallest absolute Gasteiger partial charge is 0.311 e. The Bertz CT molecular complexity index is 917. The minimum absolute atomic E-state index is 0.0440. The summed E-state index contributed by atoms with van der Waals surface area (Å²) in [5.41, 5.74) is 5.80. The molecule has 3 amide bonds. The van der Waals surface area contributed by atoms with Crippen molar-refractivity contribution in [2.75, 3.05) is 13.2 Å². The largest absolute Gasteiger partial charge is 0.455 e. The van der Waals surface area contributed by atoms with Crippen molar-refractivity contribution in [3.63, 3.8) is 0 Å². The lowest BCUT2D eigenvalue weighted by Gasteiger charge is -2.25. The number of carbonyl (C=O) groups is 4. The van der Waals surface area contributed by atoms with Gasteiger partial charge in [-0.05, 0) is 24.6 Å². The quantitative estimate of drug-likeness (QED) is 0.557. The molecule has 0 bridgehead atoms. The number of likely N-dealkylation sites (tertiary alicyclic amines) is 1. The van der Waals surface area contributed by atoms with Crippen LogP contribution in [0.4, 0.5) is 0 Å². The molecule has 0 aromatic heterocycles. The molecule has 156 valence electrons. The number of nitrogens with one attached hydrogen (secondary N) is 2. The molecule has 8 heteroatoms. The molecule has 2 aromatic carbocycles. The van der Waals surface area contributed by atoms with E-state index >= 15 is 0 Å². The first-order valence-electron chi connectivity index (χ1n) is 9.61. The second kappa shape index (κ2) is 9.69. The average molecular weight is 409 g/mol. The number of carbonyl (C=O) groups excluding carboxylic acids is 4. The Morgan fingerprint density at radius 1 is 1.03 bits per heavy atom. The fourth-order valence-corrected chi connectivity index (χ4v) is 3.25. The third-order valence-electron chi connectivity index (χ3n) is 4.94. The number of nitrogens with zero attached hydrogens (tertiary/aromatic N) is 1. The Labute approximate surface area is 174 Å². The zero-order valence-electron chi connectivity index (χ0n) is 16.5. The topological polar surface area (TPSA) is 105 Å². The number of rotatable bonds is 6. The van der Waals surface area contributed by atoms with Gasteiger partial charge in [-0.1, -0.05) is 48.5 Å². The van der Waals surface area contributed by atoms with Crippen LogP contribution in [0.2, 0.25) is 0 Å². The number of hydrazine groups is 1. The van der Waals surface area contributed by atoms with E-state index in [9.17, 15) is 19.2 Å². The monoisotopic (exact) mass is 409 g/mol. The molecule has 0 unspecified atom stereocenters. The standard InChI is InChI=1S/C22H23N3O5/c1-15(16-8-4-2-5-9-16)25-13-18(12-20(25)27)22(29)30-14-19(26)23-24-21(28)17-10-6-3-7-11-17/h2-11,15,18H,12-14H2,1H3,(H,23,26)(H,24,28)/t15-,18+/m0/s1. The maximum absolute atomic E-state index is 12.3. The van der Waals surface area contributed by atoms with Crippen LogP contribution in [-0.4, -0.2) is 41.7 Å². The summed E-state index contributed by atoms with van der Waals surface area (Å²) in [6, 6.07) is 17.7. The molecule has 3 rings (SSSR count). The highest BCUT2D eigenvalue weighted by atomic mass is 16.5. The van der Waals surface area contributed by atoms with E-state index in [0.717, 1.165) is 5.56 Å². The van der Waals surface area contributed by atoms with E-state index < -0.39 is 30.3 Å². The SMILES string of the molecule is C[C@@H](c1ccccc1)N1C[C@H](C(=O)OCC(=O)NNC(=O)c2ccccc2)CC1=O. The van der Waals surface area contributed by atoms with Crippen molar-refractivity contribution in [2.45, 2.75) is 19.4 Å². The lowest BCUT2D eigenvalue weighted by atomic mass is 10.1. The molecule has 0 saturated carbocycles. The molecule has 1 fully saturated rings.